The quantitative estimate of drug-likeness (QED) is 0.452. The largest absolute Gasteiger partial charge is 0.370 e. The van der Waals surface area contributed by atoms with Crippen molar-refractivity contribution in [1.29, 1.82) is 0 Å². The third kappa shape index (κ3) is 4.46. The van der Waals surface area contributed by atoms with Gasteiger partial charge in [-0.05, 0) is 36.5 Å². The minimum atomic E-state index is 0. The average Bonchev–Trinajstić information content (AvgIpc) is 2.98. The number of benzene rings is 1. The van der Waals surface area contributed by atoms with E-state index in [-0.39, 0.29) is 24.0 Å². The number of hydrogen-bond acceptors (Lipinski definition) is 2. The van der Waals surface area contributed by atoms with Crippen LogP contribution in [0.1, 0.15) is 24.8 Å². The van der Waals surface area contributed by atoms with Gasteiger partial charge in [0, 0.05) is 24.6 Å². The van der Waals surface area contributed by atoms with Crippen molar-refractivity contribution < 1.29 is 0 Å². The monoisotopic (exact) mass is 411 g/mol. The Kier molecular flexibility index (Phi) is 6.23. The van der Waals surface area contributed by atoms with E-state index in [0.29, 0.717) is 12.5 Å². The second-order valence-electron chi connectivity index (χ2n) is 5.52. The predicted molar refractivity (Wildman–Crippen MR) is 99.6 cm³/mol. The van der Waals surface area contributed by atoms with Crippen LogP contribution in [0.5, 0.6) is 0 Å². The van der Waals surface area contributed by atoms with E-state index >= 15 is 0 Å². The van der Waals surface area contributed by atoms with Crippen molar-refractivity contribution in [2.45, 2.75) is 25.8 Å². The summed E-state index contributed by atoms with van der Waals surface area (Å²) in [6, 6.07) is 8.23. The van der Waals surface area contributed by atoms with Gasteiger partial charge >= 0.3 is 0 Å². The van der Waals surface area contributed by atoms with Crippen molar-refractivity contribution in [2.24, 2.45) is 16.6 Å². The van der Waals surface area contributed by atoms with E-state index in [4.69, 9.17) is 5.73 Å². The van der Waals surface area contributed by atoms with Crippen LogP contribution >= 0.6 is 24.0 Å². The predicted octanol–water partition coefficient (Wildman–Crippen LogP) is 2.69. The number of guanidine groups is 1. The molecule has 0 bridgehead atoms. The third-order valence-electron chi connectivity index (χ3n) is 3.94. The molecular formula is C16H22IN5. The van der Waals surface area contributed by atoms with Crippen LogP contribution in [-0.4, -0.2) is 22.1 Å². The van der Waals surface area contributed by atoms with Gasteiger partial charge in [0.05, 0.1) is 12.9 Å². The Balaban J connectivity index is 0.00000176. The van der Waals surface area contributed by atoms with E-state index in [0.717, 1.165) is 23.7 Å². The zero-order valence-corrected chi connectivity index (χ0v) is 14.8. The van der Waals surface area contributed by atoms with Crippen molar-refractivity contribution in [3.05, 3.63) is 48.5 Å². The molecule has 0 atom stereocenters. The van der Waals surface area contributed by atoms with Gasteiger partial charge in [0.25, 0.3) is 0 Å². The van der Waals surface area contributed by atoms with Gasteiger partial charge in [-0.1, -0.05) is 18.6 Å². The molecule has 0 saturated heterocycles. The smallest absolute Gasteiger partial charge is 0.188 e. The van der Waals surface area contributed by atoms with Crippen molar-refractivity contribution in [3.8, 4) is 5.69 Å². The van der Waals surface area contributed by atoms with Crippen LogP contribution in [0.25, 0.3) is 5.69 Å². The molecule has 1 aromatic carbocycles. The number of imidazole rings is 1. The molecule has 3 N–H and O–H groups in total. The Morgan fingerprint density at radius 2 is 2.27 bits per heavy atom. The fourth-order valence-corrected chi connectivity index (χ4v) is 2.41. The van der Waals surface area contributed by atoms with Crippen molar-refractivity contribution in [3.63, 3.8) is 0 Å². The molecule has 1 aromatic heterocycles. The Morgan fingerprint density at radius 3 is 2.95 bits per heavy atom. The molecule has 5 nitrogen and oxygen atoms in total. The lowest BCUT2D eigenvalue weighted by Crippen LogP contribution is -2.37. The SMILES string of the molecule is I.NC(=NCc1cccc(-n2ccnc2)c1)NCC1CCC1. The molecule has 0 amide bonds. The molecule has 1 fully saturated rings. The number of nitrogens with one attached hydrogen (secondary N) is 1. The van der Waals surface area contributed by atoms with Crippen LogP contribution in [0.3, 0.4) is 0 Å². The summed E-state index contributed by atoms with van der Waals surface area (Å²) in [5.41, 5.74) is 8.12. The van der Waals surface area contributed by atoms with E-state index < -0.39 is 0 Å². The number of hydrogen-bond donors (Lipinski definition) is 2. The van der Waals surface area contributed by atoms with Gasteiger partial charge in [-0.15, -0.1) is 24.0 Å². The molecule has 0 aliphatic heterocycles. The van der Waals surface area contributed by atoms with Gasteiger partial charge in [-0.3, -0.25) is 0 Å². The molecular weight excluding hydrogens is 389 g/mol. The maximum Gasteiger partial charge on any atom is 0.188 e. The summed E-state index contributed by atoms with van der Waals surface area (Å²) < 4.78 is 1.98. The minimum absolute atomic E-state index is 0. The fourth-order valence-electron chi connectivity index (χ4n) is 2.41. The lowest BCUT2D eigenvalue weighted by molar-refractivity contribution is 0.315. The first kappa shape index (κ1) is 16.8. The summed E-state index contributed by atoms with van der Waals surface area (Å²) in [6.45, 7) is 1.54. The normalized spacial score (nSPS) is 15.0. The van der Waals surface area contributed by atoms with E-state index in [1.54, 1.807) is 12.5 Å². The van der Waals surface area contributed by atoms with Gasteiger partial charge in [-0.25, -0.2) is 9.98 Å². The van der Waals surface area contributed by atoms with Crippen LogP contribution in [0.4, 0.5) is 0 Å². The van der Waals surface area contributed by atoms with Gasteiger partial charge in [-0.2, -0.15) is 0 Å². The lowest BCUT2D eigenvalue weighted by atomic mass is 9.85. The van der Waals surface area contributed by atoms with Crippen molar-refractivity contribution in [1.82, 2.24) is 14.9 Å². The molecule has 3 rings (SSSR count). The molecule has 0 radical (unpaired) electrons. The highest BCUT2D eigenvalue weighted by atomic mass is 127. The summed E-state index contributed by atoms with van der Waals surface area (Å²) in [5, 5.41) is 3.21. The standard InChI is InChI=1S/C16H21N5.HI/c17-16(19-10-13-3-1-4-13)20-11-14-5-2-6-15(9-14)21-8-7-18-12-21;/h2,5-9,12-13H,1,3-4,10-11H2,(H3,17,19,20);1H. The molecule has 118 valence electrons. The molecule has 1 aliphatic rings. The summed E-state index contributed by atoms with van der Waals surface area (Å²) in [6.07, 6.45) is 9.46. The van der Waals surface area contributed by atoms with Crippen LogP contribution in [0.15, 0.2) is 48.0 Å². The van der Waals surface area contributed by atoms with Gasteiger partial charge in [0.15, 0.2) is 5.96 Å². The number of aliphatic imine (C=N–C) groups is 1. The third-order valence-corrected chi connectivity index (χ3v) is 3.94. The number of rotatable bonds is 5. The molecule has 1 aliphatic carbocycles. The Hall–Kier alpha value is -1.57. The zero-order chi connectivity index (χ0) is 14.5. The fraction of sp³-hybridized carbons (Fsp3) is 0.375. The average molecular weight is 411 g/mol. The van der Waals surface area contributed by atoms with Gasteiger partial charge in [0.1, 0.15) is 0 Å². The van der Waals surface area contributed by atoms with Crippen LogP contribution in [0, 0.1) is 5.92 Å². The Bertz CT molecular complexity index is 605. The molecule has 0 spiro atoms. The first-order chi connectivity index (χ1) is 10.3. The second-order valence-corrected chi connectivity index (χ2v) is 5.52. The van der Waals surface area contributed by atoms with E-state index in [1.165, 1.54) is 19.3 Å². The molecule has 2 aromatic rings. The highest BCUT2D eigenvalue weighted by molar-refractivity contribution is 14.0. The Morgan fingerprint density at radius 1 is 1.41 bits per heavy atom. The second kappa shape index (κ2) is 8.17. The van der Waals surface area contributed by atoms with Crippen LogP contribution < -0.4 is 11.1 Å². The first-order valence-electron chi connectivity index (χ1n) is 7.42. The Labute approximate surface area is 148 Å². The maximum atomic E-state index is 5.90. The van der Waals surface area contributed by atoms with Gasteiger partial charge < -0.3 is 15.6 Å². The summed E-state index contributed by atoms with van der Waals surface area (Å²) in [4.78, 5) is 8.47. The van der Waals surface area contributed by atoms with E-state index in [1.807, 2.05) is 22.9 Å². The van der Waals surface area contributed by atoms with Gasteiger partial charge in [0.2, 0.25) is 0 Å². The number of nitrogens with two attached hydrogens (primary N) is 1. The zero-order valence-electron chi connectivity index (χ0n) is 12.5. The topological polar surface area (TPSA) is 68.2 Å². The first-order valence-corrected chi connectivity index (χ1v) is 7.42. The molecule has 1 saturated carbocycles. The lowest BCUT2D eigenvalue weighted by Gasteiger charge is -2.25. The van der Waals surface area contributed by atoms with E-state index in [2.05, 4.69) is 27.4 Å². The minimum Gasteiger partial charge on any atom is -0.370 e. The van der Waals surface area contributed by atoms with Crippen molar-refractivity contribution in [2.75, 3.05) is 6.54 Å². The summed E-state index contributed by atoms with van der Waals surface area (Å²) >= 11 is 0. The highest BCUT2D eigenvalue weighted by Crippen LogP contribution is 2.24. The molecule has 6 heteroatoms. The molecule has 1 heterocycles. The van der Waals surface area contributed by atoms with Crippen LogP contribution in [0.2, 0.25) is 0 Å². The van der Waals surface area contributed by atoms with Crippen LogP contribution in [-0.2, 0) is 6.54 Å². The highest BCUT2D eigenvalue weighted by Gasteiger charge is 2.16. The number of halogens is 1. The molecule has 0 unspecified atom stereocenters. The van der Waals surface area contributed by atoms with Crippen molar-refractivity contribution >= 4 is 29.9 Å². The molecule has 22 heavy (non-hydrogen) atoms. The van der Waals surface area contributed by atoms with E-state index in [9.17, 15) is 0 Å². The summed E-state index contributed by atoms with van der Waals surface area (Å²) in [5.74, 6) is 1.32. The number of aromatic nitrogens is 2. The summed E-state index contributed by atoms with van der Waals surface area (Å²) in [7, 11) is 0. The number of nitrogens with zero attached hydrogens (tertiary/aromatic N) is 3. The maximum absolute atomic E-state index is 5.90.